The van der Waals surface area contributed by atoms with Gasteiger partial charge in [0.05, 0.1) is 10.9 Å². The Balaban J connectivity index is 0.000000429. The van der Waals surface area contributed by atoms with E-state index in [2.05, 4.69) is 32.6 Å². The van der Waals surface area contributed by atoms with E-state index in [0.29, 0.717) is 29.7 Å². The van der Waals surface area contributed by atoms with E-state index in [0.717, 1.165) is 18.5 Å². The maximum Gasteiger partial charge on any atom is 0.490 e. The molecule has 1 aromatic carbocycles. The molecule has 188 valence electrons. The van der Waals surface area contributed by atoms with E-state index in [1.807, 2.05) is 36.9 Å². The summed E-state index contributed by atoms with van der Waals surface area (Å²) < 4.78 is 31.7. The van der Waals surface area contributed by atoms with E-state index in [9.17, 15) is 22.8 Å². The largest absolute Gasteiger partial charge is 0.490 e. The molecule has 0 aliphatic carbocycles. The summed E-state index contributed by atoms with van der Waals surface area (Å²) in [6.07, 6.45) is -2.62. The SMILES string of the molecule is CC(C)c1c(C(=O)N2CCNC(Cc3ccccc3)C2)cnc2[nH][nH]c(=O)c12.O=C(O)C(F)(F)F. The van der Waals surface area contributed by atoms with Crippen LogP contribution in [0.2, 0.25) is 0 Å². The van der Waals surface area contributed by atoms with E-state index in [1.54, 1.807) is 6.20 Å². The number of carbonyl (C=O) groups is 2. The van der Waals surface area contributed by atoms with E-state index in [-0.39, 0.29) is 23.4 Å². The zero-order valence-electron chi connectivity index (χ0n) is 19.1. The van der Waals surface area contributed by atoms with E-state index in [1.165, 1.54) is 5.56 Å². The van der Waals surface area contributed by atoms with Gasteiger partial charge in [-0.3, -0.25) is 19.8 Å². The van der Waals surface area contributed by atoms with Crippen LogP contribution < -0.4 is 10.9 Å². The van der Waals surface area contributed by atoms with Crippen LogP contribution in [0.15, 0.2) is 41.3 Å². The fraction of sp³-hybridized carbons (Fsp3) is 0.391. The summed E-state index contributed by atoms with van der Waals surface area (Å²) in [5.41, 5.74) is 2.79. The molecule has 0 saturated carbocycles. The number of fused-ring (bicyclic) bond motifs is 1. The molecule has 35 heavy (non-hydrogen) atoms. The number of alkyl halides is 3. The molecule has 4 N–H and O–H groups in total. The summed E-state index contributed by atoms with van der Waals surface area (Å²) in [4.78, 5) is 40.7. The third-order valence-corrected chi connectivity index (χ3v) is 5.56. The molecule has 1 unspecified atom stereocenters. The Hall–Kier alpha value is -3.67. The lowest BCUT2D eigenvalue weighted by molar-refractivity contribution is -0.192. The summed E-state index contributed by atoms with van der Waals surface area (Å²) >= 11 is 0. The highest BCUT2D eigenvalue weighted by atomic mass is 19.4. The predicted molar refractivity (Wildman–Crippen MR) is 122 cm³/mol. The summed E-state index contributed by atoms with van der Waals surface area (Å²) in [5.74, 6) is -2.78. The second kappa shape index (κ2) is 10.7. The third kappa shape index (κ3) is 6.27. The minimum atomic E-state index is -5.08. The molecule has 1 atom stereocenters. The Labute approximate surface area is 198 Å². The van der Waals surface area contributed by atoms with Gasteiger partial charge in [-0.05, 0) is 23.5 Å². The molecule has 0 radical (unpaired) electrons. The number of aromatic nitrogens is 3. The number of H-pyrrole nitrogens is 2. The fourth-order valence-electron chi connectivity index (χ4n) is 4.01. The van der Waals surface area contributed by atoms with Crippen molar-refractivity contribution in [2.24, 2.45) is 0 Å². The minimum Gasteiger partial charge on any atom is -0.475 e. The molecule has 3 heterocycles. The van der Waals surface area contributed by atoms with Crippen LogP contribution in [-0.4, -0.2) is 68.9 Å². The van der Waals surface area contributed by atoms with E-state index >= 15 is 0 Å². The maximum absolute atomic E-state index is 13.3. The summed E-state index contributed by atoms with van der Waals surface area (Å²) in [7, 11) is 0. The average molecular weight is 493 g/mol. The van der Waals surface area contributed by atoms with Crippen molar-refractivity contribution in [2.75, 3.05) is 19.6 Å². The van der Waals surface area contributed by atoms with Crippen molar-refractivity contribution < 1.29 is 27.9 Å². The molecular formula is C23H26F3N5O4. The number of benzene rings is 1. The molecule has 1 amide bonds. The Kier molecular flexibility index (Phi) is 7.95. The first kappa shape index (κ1) is 25.9. The number of rotatable bonds is 4. The van der Waals surface area contributed by atoms with Crippen LogP contribution in [0.25, 0.3) is 11.0 Å². The smallest absolute Gasteiger partial charge is 0.475 e. The number of amides is 1. The highest BCUT2D eigenvalue weighted by Gasteiger charge is 2.38. The number of carboxylic acids is 1. The van der Waals surface area contributed by atoms with Gasteiger partial charge in [-0.15, -0.1) is 0 Å². The Bertz CT molecular complexity index is 1240. The van der Waals surface area contributed by atoms with E-state index in [4.69, 9.17) is 9.90 Å². The normalized spacial score (nSPS) is 16.2. The number of halogens is 3. The average Bonchev–Trinajstić information content (AvgIpc) is 3.19. The molecule has 0 bridgehead atoms. The molecule has 12 heteroatoms. The van der Waals surface area contributed by atoms with Gasteiger partial charge in [0.15, 0.2) is 5.65 Å². The Morgan fingerprint density at radius 2 is 1.86 bits per heavy atom. The summed E-state index contributed by atoms with van der Waals surface area (Å²) in [5, 5.41) is 16.5. The van der Waals surface area contributed by atoms with Crippen LogP contribution in [0, 0.1) is 0 Å². The fourth-order valence-corrected chi connectivity index (χ4v) is 4.01. The number of nitrogens with zero attached hydrogens (tertiary/aromatic N) is 2. The van der Waals surface area contributed by atoms with Gasteiger partial charge < -0.3 is 15.3 Å². The molecular weight excluding hydrogens is 467 g/mol. The van der Waals surface area contributed by atoms with E-state index < -0.39 is 12.1 Å². The van der Waals surface area contributed by atoms with Crippen molar-refractivity contribution in [2.45, 2.75) is 38.4 Å². The molecule has 1 saturated heterocycles. The zero-order chi connectivity index (χ0) is 25.8. The lowest BCUT2D eigenvalue weighted by atomic mass is 9.94. The van der Waals surface area contributed by atoms with Gasteiger partial charge in [0, 0.05) is 31.9 Å². The zero-order valence-corrected chi connectivity index (χ0v) is 19.1. The number of hydrogen-bond acceptors (Lipinski definition) is 5. The first-order valence-corrected chi connectivity index (χ1v) is 10.9. The van der Waals surface area contributed by atoms with Crippen molar-refractivity contribution in [3.63, 3.8) is 0 Å². The number of carboxylic acid groups (broad SMARTS) is 1. The van der Waals surface area contributed by atoms with Crippen molar-refractivity contribution in [1.29, 1.82) is 0 Å². The first-order valence-electron chi connectivity index (χ1n) is 10.9. The number of carbonyl (C=O) groups excluding carboxylic acids is 1. The van der Waals surface area contributed by atoms with Crippen molar-refractivity contribution in [3.05, 3.63) is 63.6 Å². The van der Waals surface area contributed by atoms with Crippen molar-refractivity contribution in [1.82, 2.24) is 25.4 Å². The van der Waals surface area contributed by atoms with Gasteiger partial charge in [0.1, 0.15) is 0 Å². The number of nitrogens with one attached hydrogen (secondary N) is 3. The van der Waals surface area contributed by atoms with Crippen LogP contribution >= 0.6 is 0 Å². The van der Waals surface area contributed by atoms with Gasteiger partial charge in [-0.1, -0.05) is 44.2 Å². The minimum absolute atomic E-state index is 0.0318. The van der Waals surface area contributed by atoms with Crippen molar-refractivity contribution in [3.8, 4) is 0 Å². The van der Waals surface area contributed by atoms with Crippen LogP contribution in [-0.2, 0) is 11.2 Å². The van der Waals surface area contributed by atoms with Gasteiger partial charge in [-0.2, -0.15) is 13.2 Å². The highest BCUT2D eigenvalue weighted by Crippen LogP contribution is 2.26. The quantitative estimate of drug-likeness (QED) is 0.442. The van der Waals surface area contributed by atoms with Crippen LogP contribution in [0.4, 0.5) is 13.2 Å². The maximum atomic E-state index is 13.3. The van der Waals surface area contributed by atoms with Crippen LogP contribution in [0.5, 0.6) is 0 Å². The summed E-state index contributed by atoms with van der Waals surface area (Å²) in [6, 6.07) is 10.5. The molecule has 4 rings (SSSR count). The van der Waals surface area contributed by atoms with Gasteiger partial charge in [0.25, 0.3) is 11.5 Å². The lowest BCUT2D eigenvalue weighted by Gasteiger charge is -2.34. The number of aliphatic carboxylic acids is 1. The summed E-state index contributed by atoms with van der Waals surface area (Å²) in [6.45, 7) is 6.01. The number of piperazine rings is 1. The van der Waals surface area contributed by atoms with Crippen LogP contribution in [0.3, 0.4) is 0 Å². The molecule has 3 aromatic rings. The topological polar surface area (TPSA) is 131 Å². The monoisotopic (exact) mass is 493 g/mol. The second-order valence-electron chi connectivity index (χ2n) is 8.44. The lowest BCUT2D eigenvalue weighted by Crippen LogP contribution is -2.53. The number of aromatic amines is 2. The van der Waals surface area contributed by atoms with Gasteiger partial charge >= 0.3 is 12.1 Å². The second-order valence-corrected chi connectivity index (χ2v) is 8.44. The van der Waals surface area contributed by atoms with Gasteiger partial charge in [-0.25, -0.2) is 9.78 Å². The standard InChI is InChI=1S/C21H25N5O2.C2HF3O2/c1-13(2)17-16(11-23-19-18(17)20(27)25-24-19)21(28)26-9-8-22-15(12-26)10-14-6-4-3-5-7-14;3-2(4,5)1(6)7/h3-7,11,13,15,22H,8-10,12H2,1-2H3,(H2,23,24,25,27);(H,6,7). The third-order valence-electron chi connectivity index (χ3n) is 5.56. The molecule has 2 aromatic heterocycles. The molecule has 1 fully saturated rings. The molecule has 9 nitrogen and oxygen atoms in total. The molecule has 0 spiro atoms. The highest BCUT2D eigenvalue weighted by molar-refractivity contribution is 5.99. The van der Waals surface area contributed by atoms with Crippen molar-refractivity contribution >= 4 is 22.9 Å². The van der Waals surface area contributed by atoms with Crippen LogP contribution in [0.1, 0.15) is 41.3 Å². The number of hydrogen-bond donors (Lipinski definition) is 4. The van der Waals surface area contributed by atoms with Gasteiger partial charge in [0.2, 0.25) is 0 Å². The Morgan fingerprint density at radius 3 is 2.46 bits per heavy atom. The molecule has 1 aliphatic heterocycles. The first-order chi connectivity index (χ1) is 16.5. The molecule has 1 aliphatic rings. The Morgan fingerprint density at radius 1 is 1.20 bits per heavy atom. The number of pyridine rings is 1. The predicted octanol–water partition coefficient (Wildman–Crippen LogP) is 2.66.